The number of halogens is 1. The molecule has 0 aliphatic heterocycles. The second kappa shape index (κ2) is 7.29. The largest absolute Gasteiger partial charge is 0.364 e. The molecule has 1 rings (SSSR count). The summed E-state index contributed by atoms with van der Waals surface area (Å²) in [7, 11) is 0. The van der Waals surface area contributed by atoms with E-state index in [9.17, 15) is 10.1 Å². The smallest absolute Gasteiger partial charge is 0.312 e. The molecule has 5 nitrogen and oxygen atoms in total. The molecule has 0 fully saturated rings. The molecule has 1 aromatic rings. The zero-order valence-corrected chi connectivity index (χ0v) is 11.5. The van der Waals surface area contributed by atoms with Crippen LogP contribution in [0, 0.1) is 10.1 Å². The fourth-order valence-electron chi connectivity index (χ4n) is 1.11. The van der Waals surface area contributed by atoms with E-state index in [1.165, 1.54) is 12.3 Å². The molecular formula is C10H12BrN3O2S. The average Bonchev–Trinajstić information content (AvgIpc) is 2.30. The first-order valence-corrected chi connectivity index (χ1v) is 6.82. The summed E-state index contributed by atoms with van der Waals surface area (Å²) in [5.74, 6) is 2.02. The predicted molar refractivity (Wildman–Crippen MR) is 74.6 cm³/mol. The van der Waals surface area contributed by atoms with Crippen LogP contribution < -0.4 is 5.32 Å². The van der Waals surface area contributed by atoms with Crippen LogP contribution in [0.2, 0.25) is 0 Å². The van der Waals surface area contributed by atoms with E-state index in [1.807, 2.05) is 6.08 Å². The van der Waals surface area contributed by atoms with Crippen molar-refractivity contribution < 1.29 is 4.92 Å². The van der Waals surface area contributed by atoms with Gasteiger partial charge >= 0.3 is 5.69 Å². The van der Waals surface area contributed by atoms with Gasteiger partial charge < -0.3 is 5.32 Å². The summed E-state index contributed by atoms with van der Waals surface area (Å²) in [5, 5.41) is 13.7. The van der Waals surface area contributed by atoms with Crippen molar-refractivity contribution in [3.8, 4) is 0 Å². The van der Waals surface area contributed by atoms with Gasteiger partial charge in [0.25, 0.3) is 0 Å². The Morgan fingerprint density at radius 1 is 1.71 bits per heavy atom. The van der Waals surface area contributed by atoms with Gasteiger partial charge in [0.1, 0.15) is 0 Å². The highest BCUT2D eigenvalue weighted by molar-refractivity contribution is 9.10. The van der Waals surface area contributed by atoms with Crippen LogP contribution in [0.5, 0.6) is 0 Å². The normalized spacial score (nSPS) is 9.94. The number of aromatic nitrogens is 1. The zero-order valence-electron chi connectivity index (χ0n) is 9.06. The molecule has 17 heavy (non-hydrogen) atoms. The van der Waals surface area contributed by atoms with E-state index < -0.39 is 4.92 Å². The first-order valence-electron chi connectivity index (χ1n) is 4.87. The van der Waals surface area contributed by atoms with E-state index in [2.05, 4.69) is 32.8 Å². The van der Waals surface area contributed by atoms with Gasteiger partial charge in [0.15, 0.2) is 0 Å². The van der Waals surface area contributed by atoms with Crippen molar-refractivity contribution in [2.24, 2.45) is 0 Å². The molecule has 0 amide bonds. The maximum Gasteiger partial charge on any atom is 0.312 e. The molecule has 0 radical (unpaired) electrons. The summed E-state index contributed by atoms with van der Waals surface area (Å²) in [4.78, 5) is 14.3. The first-order chi connectivity index (χ1) is 8.15. The molecule has 0 aliphatic rings. The highest BCUT2D eigenvalue weighted by Gasteiger charge is 2.14. The Morgan fingerprint density at radius 2 is 2.47 bits per heavy atom. The third-order valence-corrected chi connectivity index (χ3v) is 3.20. The molecule has 92 valence electrons. The van der Waals surface area contributed by atoms with Crippen molar-refractivity contribution in [1.29, 1.82) is 0 Å². The summed E-state index contributed by atoms with van der Waals surface area (Å²) in [6, 6.07) is 1.44. The highest BCUT2D eigenvalue weighted by atomic mass is 79.9. The molecule has 1 heterocycles. The van der Waals surface area contributed by atoms with Crippen LogP contribution in [0.25, 0.3) is 0 Å². The second-order valence-corrected chi connectivity index (χ2v) is 5.13. The van der Waals surface area contributed by atoms with Crippen LogP contribution >= 0.6 is 27.7 Å². The molecule has 0 unspecified atom stereocenters. The van der Waals surface area contributed by atoms with Crippen molar-refractivity contribution in [1.82, 2.24) is 4.98 Å². The molecular weight excluding hydrogens is 306 g/mol. The van der Waals surface area contributed by atoms with Crippen LogP contribution in [0.1, 0.15) is 0 Å². The molecule has 0 atom stereocenters. The summed E-state index contributed by atoms with van der Waals surface area (Å²) < 4.78 is 0.593. The second-order valence-electron chi connectivity index (χ2n) is 3.07. The summed E-state index contributed by atoms with van der Waals surface area (Å²) in [6.45, 7) is 4.25. The van der Waals surface area contributed by atoms with Gasteiger partial charge in [-0.15, -0.1) is 6.58 Å². The molecule has 0 saturated carbocycles. The number of pyridine rings is 1. The van der Waals surface area contributed by atoms with Gasteiger partial charge in [0.2, 0.25) is 5.82 Å². The Hall–Kier alpha value is -1.08. The maximum atomic E-state index is 10.8. The quantitative estimate of drug-likeness (QED) is 0.362. The van der Waals surface area contributed by atoms with Gasteiger partial charge in [-0.3, -0.25) is 10.1 Å². The fourth-order valence-corrected chi connectivity index (χ4v) is 2.01. The predicted octanol–water partition coefficient (Wildman–Crippen LogP) is 3.08. The third kappa shape index (κ3) is 4.74. The molecule has 0 aliphatic carbocycles. The Kier molecular flexibility index (Phi) is 5.99. The highest BCUT2D eigenvalue weighted by Crippen LogP contribution is 2.25. The number of nitro groups is 1. The summed E-state index contributed by atoms with van der Waals surface area (Å²) in [5.41, 5.74) is -0.0203. The molecule has 0 aromatic carbocycles. The van der Waals surface area contributed by atoms with Gasteiger partial charge in [0, 0.05) is 34.8 Å². The zero-order chi connectivity index (χ0) is 12.7. The number of nitrogens with one attached hydrogen (secondary N) is 1. The molecule has 0 spiro atoms. The Bertz CT molecular complexity index is 415. The number of hydrogen-bond donors (Lipinski definition) is 1. The maximum absolute atomic E-state index is 10.8. The Morgan fingerprint density at radius 3 is 3.12 bits per heavy atom. The van der Waals surface area contributed by atoms with Crippen molar-refractivity contribution in [3.05, 3.63) is 39.5 Å². The summed E-state index contributed by atoms with van der Waals surface area (Å²) >= 11 is 4.86. The SMILES string of the molecule is C=CCSCCNc1ncc(Br)cc1[N+](=O)[O-]. The number of anilines is 1. The number of thioether (sulfide) groups is 1. The first kappa shape index (κ1) is 14.0. The topological polar surface area (TPSA) is 68.1 Å². The van der Waals surface area contributed by atoms with E-state index in [0.717, 1.165) is 11.5 Å². The van der Waals surface area contributed by atoms with Crippen LogP contribution in [0.15, 0.2) is 29.4 Å². The average molecular weight is 318 g/mol. The van der Waals surface area contributed by atoms with E-state index in [4.69, 9.17) is 0 Å². The minimum Gasteiger partial charge on any atom is -0.364 e. The van der Waals surface area contributed by atoms with Gasteiger partial charge in [-0.05, 0) is 15.9 Å². The minimum absolute atomic E-state index is 0.0203. The molecule has 1 aromatic heterocycles. The standard InChI is InChI=1S/C10H12BrN3O2S/c1-2-4-17-5-3-12-10-9(14(15)16)6-8(11)7-13-10/h2,6-7H,1,3-5H2,(H,12,13). The van der Waals surface area contributed by atoms with Gasteiger partial charge in [-0.2, -0.15) is 11.8 Å². The van der Waals surface area contributed by atoms with E-state index in [-0.39, 0.29) is 5.69 Å². The van der Waals surface area contributed by atoms with Crippen molar-refractivity contribution in [2.45, 2.75) is 0 Å². The van der Waals surface area contributed by atoms with Gasteiger partial charge in [-0.1, -0.05) is 6.08 Å². The van der Waals surface area contributed by atoms with E-state index in [1.54, 1.807) is 11.8 Å². The van der Waals surface area contributed by atoms with E-state index in [0.29, 0.717) is 16.8 Å². The monoisotopic (exact) mass is 317 g/mol. The molecule has 7 heteroatoms. The summed E-state index contributed by atoms with van der Waals surface area (Å²) in [6.07, 6.45) is 3.36. The third-order valence-electron chi connectivity index (χ3n) is 1.81. The van der Waals surface area contributed by atoms with E-state index >= 15 is 0 Å². The van der Waals surface area contributed by atoms with Gasteiger partial charge in [0.05, 0.1) is 4.92 Å². The fraction of sp³-hybridized carbons (Fsp3) is 0.300. The molecule has 0 bridgehead atoms. The van der Waals surface area contributed by atoms with Gasteiger partial charge in [-0.25, -0.2) is 4.98 Å². The lowest BCUT2D eigenvalue weighted by Crippen LogP contribution is -2.08. The molecule has 0 saturated heterocycles. The molecule has 1 N–H and O–H groups in total. The number of rotatable bonds is 7. The Labute approximate surface area is 112 Å². The number of nitrogens with zero attached hydrogens (tertiary/aromatic N) is 2. The van der Waals surface area contributed by atoms with Crippen LogP contribution in [-0.2, 0) is 0 Å². The lowest BCUT2D eigenvalue weighted by Gasteiger charge is -2.05. The number of hydrogen-bond acceptors (Lipinski definition) is 5. The van der Waals surface area contributed by atoms with Crippen molar-refractivity contribution in [2.75, 3.05) is 23.4 Å². The lowest BCUT2D eigenvalue weighted by atomic mass is 10.4. The lowest BCUT2D eigenvalue weighted by molar-refractivity contribution is -0.384. The van der Waals surface area contributed by atoms with Crippen LogP contribution in [0.4, 0.5) is 11.5 Å². The van der Waals surface area contributed by atoms with Crippen LogP contribution in [0.3, 0.4) is 0 Å². The van der Waals surface area contributed by atoms with Crippen molar-refractivity contribution in [3.63, 3.8) is 0 Å². The van der Waals surface area contributed by atoms with Crippen molar-refractivity contribution >= 4 is 39.2 Å². The minimum atomic E-state index is -0.447. The Balaban J connectivity index is 2.58. The van der Waals surface area contributed by atoms with Crippen LogP contribution in [-0.4, -0.2) is 28.0 Å².